The van der Waals surface area contributed by atoms with Crippen molar-refractivity contribution in [3.63, 3.8) is 0 Å². The fraction of sp³-hybridized carbons (Fsp3) is 0.714. The van der Waals surface area contributed by atoms with Crippen molar-refractivity contribution in [1.82, 2.24) is 9.03 Å². The Balaban J connectivity index is 2.90. The lowest BCUT2D eigenvalue weighted by Crippen LogP contribution is -2.48. The van der Waals surface area contributed by atoms with Gasteiger partial charge >= 0.3 is 22.3 Å². The van der Waals surface area contributed by atoms with Crippen molar-refractivity contribution < 1.29 is 33.0 Å². The van der Waals surface area contributed by atoms with Crippen LogP contribution in [0.1, 0.15) is 6.42 Å². The largest absolute Gasteiger partial charge is 0.480 e. The number of rotatable bonds is 3. The SMILES string of the molecule is COC(=O)NS(=O)(=O)N1C[C@H](O)C[C@H]1C(=O)O. The first kappa shape index (κ1) is 13.7. The molecule has 0 bridgehead atoms. The lowest BCUT2D eigenvalue weighted by Gasteiger charge is -2.20. The summed E-state index contributed by atoms with van der Waals surface area (Å²) in [4.78, 5) is 21.6. The zero-order valence-corrected chi connectivity index (χ0v) is 9.68. The fourth-order valence-corrected chi connectivity index (χ4v) is 2.77. The highest BCUT2D eigenvalue weighted by molar-refractivity contribution is 7.87. The molecule has 17 heavy (non-hydrogen) atoms. The lowest BCUT2D eigenvalue weighted by molar-refractivity contribution is -0.140. The molecule has 0 unspecified atom stereocenters. The first-order valence-electron chi connectivity index (χ1n) is 4.56. The minimum Gasteiger partial charge on any atom is -0.480 e. The third-order valence-electron chi connectivity index (χ3n) is 2.23. The van der Waals surface area contributed by atoms with E-state index in [1.807, 2.05) is 0 Å². The van der Waals surface area contributed by atoms with Crippen LogP contribution in [0.5, 0.6) is 0 Å². The zero-order valence-electron chi connectivity index (χ0n) is 8.86. The maximum atomic E-state index is 11.6. The molecule has 0 radical (unpaired) electrons. The number of carboxylic acid groups (broad SMARTS) is 1. The molecule has 0 aliphatic carbocycles. The molecule has 98 valence electrons. The molecule has 0 aromatic heterocycles. The Morgan fingerprint density at radius 3 is 2.53 bits per heavy atom. The fourth-order valence-electron chi connectivity index (χ4n) is 1.48. The number of carbonyl (C=O) groups excluding carboxylic acids is 1. The van der Waals surface area contributed by atoms with Gasteiger partial charge in [0.05, 0.1) is 13.2 Å². The Kier molecular flexibility index (Phi) is 3.91. The highest BCUT2D eigenvalue weighted by Crippen LogP contribution is 2.20. The maximum absolute atomic E-state index is 11.6. The molecule has 1 aliphatic heterocycles. The molecule has 0 saturated carbocycles. The van der Waals surface area contributed by atoms with E-state index in [1.54, 1.807) is 0 Å². The number of carboxylic acids is 1. The number of carbonyl (C=O) groups is 2. The molecule has 1 saturated heterocycles. The van der Waals surface area contributed by atoms with E-state index in [0.29, 0.717) is 4.31 Å². The summed E-state index contributed by atoms with van der Waals surface area (Å²) in [5.41, 5.74) is 0. The van der Waals surface area contributed by atoms with Crippen LogP contribution in [0.2, 0.25) is 0 Å². The zero-order chi connectivity index (χ0) is 13.2. The number of hydrogen-bond acceptors (Lipinski definition) is 6. The second kappa shape index (κ2) is 4.85. The van der Waals surface area contributed by atoms with Crippen molar-refractivity contribution in [2.24, 2.45) is 0 Å². The highest BCUT2D eigenvalue weighted by atomic mass is 32.2. The number of hydrogen-bond donors (Lipinski definition) is 3. The Bertz CT molecular complexity index is 420. The van der Waals surface area contributed by atoms with Crippen molar-refractivity contribution in [3.8, 4) is 0 Å². The minimum absolute atomic E-state index is 0.225. The monoisotopic (exact) mass is 268 g/mol. The molecular weight excluding hydrogens is 256 g/mol. The van der Waals surface area contributed by atoms with Crippen LogP contribution in [-0.4, -0.2) is 60.8 Å². The number of methoxy groups -OCH3 is 1. The Morgan fingerprint density at radius 1 is 1.47 bits per heavy atom. The molecule has 1 amide bonds. The van der Waals surface area contributed by atoms with E-state index in [9.17, 15) is 23.1 Å². The van der Waals surface area contributed by atoms with Gasteiger partial charge in [-0.05, 0) is 0 Å². The topological polar surface area (TPSA) is 133 Å². The van der Waals surface area contributed by atoms with Crippen LogP contribution in [-0.2, 0) is 19.7 Å². The molecule has 0 aromatic carbocycles. The smallest absolute Gasteiger partial charge is 0.421 e. The van der Waals surface area contributed by atoms with Gasteiger partial charge in [0.15, 0.2) is 0 Å². The molecule has 0 spiro atoms. The standard InChI is InChI=1S/C7H12N2O7S/c1-16-7(13)8-17(14,15)9-3-4(10)2-5(9)6(11)12/h4-5,10H,2-3H2,1H3,(H,8,13)(H,11,12)/t4-,5+/m1/s1. The average Bonchev–Trinajstić information content (AvgIpc) is 2.60. The van der Waals surface area contributed by atoms with Gasteiger partial charge in [0, 0.05) is 13.0 Å². The molecular formula is C7H12N2O7S. The molecule has 1 heterocycles. The molecule has 1 rings (SSSR count). The van der Waals surface area contributed by atoms with Crippen LogP contribution < -0.4 is 4.72 Å². The Hall–Kier alpha value is -1.39. The molecule has 3 N–H and O–H groups in total. The van der Waals surface area contributed by atoms with Gasteiger partial charge in [-0.3, -0.25) is 4.79 Å². The highest BCUT2D eigenvalue weighted by Gasteiger charge is 2.43. The van der Waals surface area contributed by atoms with Crippen LogP contribution in [0.3, 0.4) is 0 Å². The van der Waals surface area contributed by atoms with Crippen LogP contribution in [0.4, 0.5) is 4.79 Å². The van der Waals surface area contributed by atoms with Crippen molar-refractivity contribution in [2.45, 2.75) is 18.6 Å². The molecule has 1 aliphatic rings. The maximum Gasteiger partial charge on any atom is 0.421 e. The number of ether oxygens (including phenoxy) is 1. The predicted molar refractivity (Wildman–Crippen MR) is 53.2 cm³/mol. The summed E-state index contributed by atoms with van der Waals surface area (Å²) in [6.45, 7) is -0.386. The second-order valence-corrected chi connectivity index (χ2v) is 5.04. The molecule has 9 nitrogen and oxygen atoms in total. The Labute approximate surface area is 97.2 Å². The molecule has 1 fully saturated rings. The van der Waals surface area contributed by atoms with E-state index in [1.165, 1.54) is 4.72 Å². The third-order valence-corrected chi connectivity index (χ3v) is 3.67. The van der Waals surface area contributed by atoms with Crippen molar-refractivity contribution in [3.05, 3.63) is 0 Å². The van der Waals surface area contributed by atoms with Gasteiger partial charge in [0.2, 0.25) is 0 Å². The normalized spacial score (nSPS) is 25.5. The summed E-state index contributed by atoms with van der Waals surface area (Å²) < 4.78 is 29.3. The first-order valence-corrected chi connectivity index (χ1v) is 6.00. The van der Waals surface area contributed by atoms with E-state index < -0.39 is 34.4 Å². The molecule has 10 heteroatoms. The quantitative estimate of drug-likeness (QED) is 0.544. The van der Waals surface area contributed by atoms with Gasteiger partial charge in [-0.15, -0.1) is 0 Å². The summed E-state index contributed by atoms with van der Waals surface area (Å²) in [5.74, 6) is -1.39. The van der Waals surface area contributed by atoms with Gasteiger partial charge in [-0.1, -0.05) is 0 Å². The van der Waals surface area contributed by atoms with E-state index in [-0.39, 0.29) is 13.0 Å². The van der Waals surface area contributed by atoms with E-state index in [0.717, 1.165) is 7.11 Å². The number of β-amino-alcohol motifs (C(OH)–C–C–N with tert-alkyl or cyclic N) is 1. The summed E-state index contributed by atoms with van der Waals surface area (Å²) in [5, 5.41) is 18.1. The van der Waals surface area contributed by atoms with Crippen molar-refractivity contribution >= 4 is 22.3 Å². The van der Waals surface area contributed by atoms with Crippen LogP contribution in [0.25, 0.3) is 0 Å². The van der Waals surface area contributed by atoms with Gasteiger partial charge in [0.25, 0.3) is 0 Å². The average molecular weight is 268 g/mol. The number of nitrogens with zero attached hydrogens (tertiary/aromatic N) is 1. The van der Waals surface area contributed by atoms with Crippen molar-refractivity contribution in [2.75, 3.05) is 13.7 Å². The van der Waals surface area contributed by atoms with Gasteiger partial charge in [-0.2, -0.15) is 12.7 Å². The number of aliphatic hydroxyl groups is 1. The van der Waals surface area contributed by atoms with Crippen LogP contribution in [0.15, 0.2) is 0 Å². The summed E-state index contributed by atoms with van der Waals surface area (Å²) >= 11 is 0. The third kappa shape index (κ3) is 3.05. The van der Waals surface area contributed by atoms with Gasteiger partial charge in [0.1, 0.15) is 6.04 Å². The lowest BCUT2D eigenvalue weighted by atomic mass is 10.2. The van der Waals surface area contributed by atoms with E-state index in [4.69, 9.17) is 5.11 Å². The Morgan fingerprint density at radius 2 is 2.06 bits per heavy atom. The second-order valence-electron chi connectivity index (χ2n) is 3.41. The van der Waals surface area contributed by atoms with E-state index >= 15 is 0 Å². The van der Waals surface area contributed by atoms with E-state index in [2.05, 4.69) is 4.74 Å². The number of amides is 1. The number of nitrogens with one attached hydrogen (secondary N) is 1. The summed E-state index contributed by atoms with van der Waals surface area (Å²) in [6.07, 6.45) is -2.53. The number of aliphatic carboxylic acids is 1. The van der Waals surface area contributed by atoms with Gasteiger partial charge in [-0.25, -0.2) is 9.52 Å². The van der Waals surface area contributed by atoms with Crippen LogP contribution >= 0.6 is 0 Å². The van der Waals surface area contributed by atoms with Gasteiger partial charge < -0.3 is 14.9 Å². The summed E-state index contributed by atoms with van der Waals surface area (Å²) in [7, 11) is -3.36. The minimum atomic E-state index is -4.33. The predicted octanol–water partition coefficient (Wildman–Crippen LogP) is -1.89. The van der Waals surface area contributed by atoms with Crippen molar-refractivity contribution in [1.29, 1.82) is 0 Å². The van der Waals surface area contributed by atoms with Crippen LogP contribution in [0, 0.1) is 0 Å². The first-order chi connectivity index (χ1) is 7.77. The summed E-state index contributed by atoms with van der Waals surface area (Å²) in [6, 6.07) is -1.40. The molecule has 2 atom stereocenters. The molecule has 0 aromatic rings. The number of aliphatic hydroxyl groups excluding tert-OH is 1.